The molecule has 0 spiro atoms. The first-order valence-corrected chi connectivity index (χ1v) is 16.7. The quantitative estimate of drug-likeness (QED) is 0.239. The molecular weight excluding hydrogens is 618 g/mol. The molecule has 244 valence electrons. The van der Waals surface area contributed by atoms with Gasteiger partial charge in [-0.15, -0.1) is 0 Å². The van der Waals surface area contributed by atoms with E-state index in [1.807, 2.05) is 62.4 Å². The van der Waals surface area contributed by atoms with Crippen LogP contribution < -0.4 is 9.50 Å². The Labute approximate surface area is 275 Å². The van der Waals surface area contributed by atoms with Crippen molar-refractivity contribution >= 4 is 28.0 Å². The summed E-state index contributed by atoms with van der Waals surface area (Å²) in [7, 11) is -4.04. The van der Waals surface area contributed by atoms with Gasteiger partial charge in [0.15, 0.2) is 0 Å². The highest BCUT2D eigenvalue weighted by atomic mass is 32.2. The summed E-state index contributed by atoms with van der Waals surface area (Å²) in [6.07, 6.45) is -0.635. The van der Waals surface area contributed by atoms with E-state index in [4.69, 9.17) is 8.92 Å². The van der Waals surface area contributed by atoms with Crippen molar-refractivity contribution in [3.05, 3.63) is 131 Å². The van der Waals surface area contributed by atoms with Gasteiger partial charge in [-0.25, -0.2) is 4.79 Å². The average Bonchev–Trinajstić information content (AvgIpc) is 3.08. The molecule has 47 heavy (non-hydrogen) atoms. The minimum atomic E-state index is -4.04. The fraction of sp³-hybridized carbons (Fsp3) is 0.250. The molecule has 5 rings (SSSR count). The lowest BCUT2D eigenvalue weighted by atomic mass is 10.0. The van der Waals surface area contributed by atoms with Crippen molar-refractivity contribution in [1.82, 2.24) is 15.1 Å². The van der Waals surface area contributed by atoms with E-state index in [0.29, 0.717) is 24.2 Å². The van der Waals surface area contributed by atoms with Gasteiger partial charge < -0.3 is 24.0 Å². The first kappa shape index (κ1) is 33.2. The molecule has 10 nitrogen and oxygen atoms in total. The van der Waals surface area contributed by atoms with Gasteiger partial charge in [-0.2, -0.15) is 8.42 Å². The maximum absolute atomic E-state index is 13.9. The maximum atomic E-state index is 13.9. The van der Waals surface area contributed by atoms with Crippen molar-refractivity contribution < 1.29 is 31.7 Å². The molecule has 1 N–H and O–H groups in total. The van der Waals surface area contributed by atoms with E-state index < -0.39 is 22.3 Å². The molecule has 1 saturated heterocycles. The van der Waals surface area contributed by atoms with E-state index in [1.165, 1.54) is 24.3 Å². The number of nitrogens with one attached hydrogen (secondary N) is 1. The second-order valence-electron chi connectivity index (χ2n) is 11.5. The molecule has 1 heterocycles. The van der Waals surface area contributed by atoms with Crippen molar-refractivity contribution in [2.45, 2.75) is 43.9 Å². The van der Waals surface area contributed by atoms with E-state index in [9.17, 15) is 22.8 Å². The van der Waals surface area contributed by atoms with Gasteiger partial charge in [0.05, 0.1) is 0 Å². The molecule has 0 aromatic heterocycles. The van der Waals surface area contributed by atoms with Crippen LogP contribution in [-0.2, 0) is 32.7 Å². The SMILES string of the molecule is Cc1ccc(S(=O)(=O)Oc2ccc(C[C@H](NC(=O)OCc3ccccc3)C(=O)N3CCN(C(=O)c4ccccc4)[C@@H](C)C3)cc2)cc1. The summed E-state index contributed by atoms with van der Waals surface area (Å²) in [4.78, 5) is 43.3. The Kier molecular flexibility index (Phi) is 10.6. The number of carbonyl (C=O) groups is 3. The van der Waals surface area contributed by atoms with Crippen LogP contribution in [0, 0.1) is 6.92 Å². The van der Waals surface area contributed by atoms with Gasteiger partial charge in [0.1, 0.15) is 23.3 Å². The zero-order valence-corrected chi connectivity index (χ0v) is 27.1. The molecule has 1 aliphatic heterocycles. The number of hydrogen-bond donors (Lipinski definition) is 1. The van der Waals surface area contributed by atoms with E-state index in [1.54, 1.807) is 46.2 Å². The van der Waals surface area contributed by atoms with Crippen molar-refractivity contribution in [3.63, 3.8) is 0 Å². The molecule has 4 aromatic rings. The molecule has 4 aromatic carbocycles. The van der Waals surface area contributed by atoms with E-state index in [2.05, 4.69) is 5.32 Å². The fourth-order valence-corrected chi connectivity index (χ4v) is 6.26. The van der Waals surface area contributed by atoms with Gasteiger partial charge in [-0.3, -0.25) is 9.59 Å². The molecule has 0 bridgehead atoms. The second-order valence-corrected chi connectivity index (χ2v) is 13.0. The van der Waals surface area contributed by atoms with E-state index in [0.717, 1.165) is 11.1 Å². The third-order valence-electron chi connectivity index (χ3n) is 7.90. The Morgan fingerprint density at radius 3 is 2.11 bits per heavy atom. The Balaban J connectivity index is 1.27. The summed E-state index contributed by atoms with van der Waals surface area (Å²) in [5.74, 6) is -0.306. The van der Waals surface area contributed by atoms with Crippen molar-refractivity contribution in [2.24, 2.45) is 0 Å². The summed E-state index contributed by atoms with van der Waals surface area (Å²) in [5, 5.41) is 2.73. The topological polar surface area (TPSA) is 122 Å². The minimum absolute atomic E-state index is 0.0341. The summed E-state index contributed by atoms with van der Waals surface area (Å²) in [5.41, 5.74) is 2.97. The zero-order chi connectivity index (χ0) is 33.4. The first-order chi connectivity index (χ1) is 22.6. The lowest BCUT2D eigenvalue weighted by Crippen LogP contribution is -2.59. The van der Waals surface area contributed by atoms with Crippen LogP contribution in [-0.4, -0.2) is 67.8 Å². The molecule has 1 fully saturated rings. The number of alkyl carbamates (subject to hydrolysis) is 1. The molecule has 0 radical (unpaired) electrons. The predicted molar refractivity (Wildman–Crippen MR) is 176 cm³/mol. The second kappa shape index (κ2) is 15.0. The van der Waals surface area contributed by atoms with Crippen LogP contribution in [0.5, 0.6) is 5.75 Å². The van der Waals surface area contributed by atoms with Gasteiger partial charge in [-0.1, -0.05) is 78.4 Å². The van der Waals surface area contributed by atoms with Crippen LogP contribution in [0.25, 0.3) is 0 Å². The van der Waals surface area contributed by atoms with Crippen LogP contribution in [0.15, 0.2) is 114 Å². The first-order valence-electron chi connectivity index (χ1n) is 15.3. The average molecular weight is 656 g/mol. The molecule has 2 atom stereocenters. The van der Waals surface area contributed by atoms with Gasteiger partial charge in [0.2, 0.25) is 5.91 Å². The maximum Gasteiger partial charge on any atom is 0.408 e. The molecule has 1 aliphatic rings. The number of hydrogen-bond acceptors (Lipinski definition) is 7. The van der Waals surface area contributed by atoms with Crippen LogP contribution in [0.1, 0.15) is 34.0 Å². The Morgan fingerprint density at radius 2 is 1.47 bits per heavy atom. The molecule has 0 unspecified atom stereocenters. The smallest absolute Gasteiger partial charge is 0.408 e. The van der Waals surface area contributed by atoms with Crippen LogP contribution in [0.4, 0.5) is 4.79 Å². The van der Waals surface area contributed by atoms with Crippen LogP contribution >= 0.6 is 0 Å². The number of amides is 3. The number of aryl methyl sites for hydroxylation is 1. The Bertz CT molecular complexity index is 1780. The highest BCUT2D eigenvalue weighted by Gasteiger charge is 2.34. The fourth-order valence-electron chi connectivity index (χ4n) is 5.33. The molecule has 0 saturated carbocycles. The van der Waals surface area contributed by atoms with Crippen LogP contribution in [0.2, 0.25) is 0 Å². The number of benzene rings is 4. The van der Waals surface area contributed by atoms with Gasteiger partial charge >= 0.3 is 16.2 Å². The Morgan fingerprint density at radius 1 is 0.830 bits per heavy atom. The van der Waals surface area contributed by atoms with Crippen molar-refractivity contribution in [2.75, 3.05) is 19.6 Å². The number of carbonyl (C=O) groups excluding carboxylic acids is 3. The number of rotatable bonds is 10. The summed E-state index contributed by atoms with van der Waals surface area (Å²) in [6.45, 7) is 4.71. The highest BCUT2D eigenvalue weighted by Crippen LogP contribution is 2.21. The van der Waals surface area contributed by atoms with Crippen molar-refractivity contribution in [3.8, 4) is 5.75 Å². The van der Waals surface area contributed by atoms with Crippen molar-refractivity contribution in [1.29, 1.82) is 0 Å². The normalized spacial score (nSPS) is 15.4. The Hall–Kier alpha value is -5.16. The van der Waals surface area contributed by atoms with Gasteiger partial charge in [0.25, 0.3) is 5.91 Å². The summed E-state index contributed by atoms with van der Waals surface area (Å²) in [6, 6.07) is 29.6. The lowest BCUT2D eigenvalue weighted by molar-refractivity contribution is -0.135. The number of piperazine rings is 1. The van der Waals surface area contributed by atoms with E-state index in [-0.39, 0.29) is 48.1 Å². The molecular formula is C36H37N3O7S. The molecule has 3 amide bonds. The third kappa shape index (κ3) is 8.76. The van der Waals surface area contributed by atoms with Gasteiger partial charge in [-0.05, 0) is 61.4 Å². The summed E-state index contributed by atoms with van der Waals surface area (Å²) >= 11 is 0. The van der Waals surface area contributed by atoms with Crippen LogP contribution in [0.3, 0.4) is 0 Å². The largest absolute Gasteiger partial charge is 0.445 e. The lowest BCUT2D eigenvalue weighted by Gasteiger charge is -2.41. The molecule has 11 heteroatoms. The highest BCUT2D eigenvalue weighted by molar-refractivity contribution is 7.87. The molecule has 0 aliphatic carbocycles. The standard InChI is InChI=1S/C36H37N3O7S/c1-26-13-19-32(20-14-26)47(43,44)46-31-17-15-28(16-18-31)23-33(37-36(42)45-25-29-9-5-3-6-10-29)35(41)38-21-22-39(27(2)24-38)34(40)30-11-7-4-8-12-30/h3-20,27,33H,21-25H2,1-2H3,(H,37,42)/t27-,33-/m0/s1. The van der Waals surface area contributed by atoms with E-state index >= 15 is 0 Å². The predicted octanol–water partition coefficient (Wildman–Crippen LogP) is 4.97. The minimum Gasteiger partial charge on any atom is -0.445 e. The summed E-state index contributed by atoms with van der Waals surface area (Å²) < 4.78 is 36.2. The van der Waals surface area contributed by atoms with Gasteiger partial charge in [0, 0.05) is 37.7 Å². The monoisotopic (exact) mass is 655 g/mol. The number of ether oxygens (including phenoxy) is 1. The third-order valence-corrected chi connectivity index (χ3v) is 9.16. The number of nitrogens with zero attached hydrogens (tertiary/aromatic N) is 2. The zero-order valence-electron chi connectivity index (χ0n) is 26.2.